The SMILES string of the molecule is Cc1ccc(OCC(=O)N/N=C/c2cccc(C)c2O)cc1C. The van der Waals surface area contributed by atoms with E-state index in [9.17, 15) is 9.90 Å². The van der Waals surface area contributed by atoms with E-state index in [0.717, 1.165) is 11.1 Å². The van der Waals surface area contributed by atoms with Crippen LogP contribution in [-0.2, 0) is 4.79 Å². The molecule has 0 aliphatic heterocycles. The van der Waals surface area contributed by atoms with Gasteiger partial charge in [0.05, 0.1) is 6.21 Å². The van der Waals surface area contributed by atoms with Gasteiger partial charge in [-0.3, -0.25) is 4.79 Å². The quantitative estimate of drug-likeness (QED) is 0.659. The van der Waals surface area contributed by atoms with Crippen molar-refractivity contribution in [3.8, 4) is 11.5 Å². The molecule has 23 heavy (non-hydrogen) atoms. The number of nitrogens with zero attached hydrogens (tertiary/aromatic N) is 1. The van der Waals surface area contributed by atoms with Crippen LogP contribution in [0.25, 0.3) is 0 Å². The molecular weight excluding hydrogens is 292 g/mol. The number of hydrazone groups is 1. The molecule has 2 N–H and O–H groups in total. The van der Waals surface area contributed by atoms with Crippen LogP contribution in [-0.4, -0.2) is 23.8 Å². The predicted molar refractivity (Wildman–Crippen MR) is 90.0 cm³/mol. The van der Waals surface area contributed by atoms with Crippen LogP contribution in [0.4, 0.5) is 0 Å². The molecule has 0 fully saturated rings. The van der Waals surface area contributed by atoms with Gasteiger partial charge in [0.2, 0.25) is 0 Å². The third kappa shape index (κ3) is 4.57. The highest BCUT2D eigenvalue weighted by molar-refractivity contribution is 5.85. The predicted octanol–water partition coefficient (Wildman–Crippen LogP) is 2.85. The summed E-state index contributed by atoms with van der Waals surface area (Å²) in [5, 5.41) is 13.7. The first-order chi connectivity index (χ1) is 11.0. The lowest BCUT2D eigenvalue weighted by molar-refractivity contribution is -0.123. The minimum Gasteiger partial charge on any atom is -0.507 e. The van der Waals surface area contributed by atoms with Crippen LogP contribution in [0.5, 0.6) is 11.5 Å². The number of amides is 1. The number of carbonyl (C=O) groups excluding carboxylic acids is 1. The number of phenolic OH excluding ortho intramolecular Hbond substituents is 1. The van der Waals surface area contributed by atoms with E-state index in [1.165, 1.54) is 11.8 Å². The Bertz CT molecular complexity index is 739. The minimum absolute atomic E-state index is 0.125. The van der Waals surface area contributed by atoms with E-state index >= 15 is 0 Å². The summed E-state index contributed by atoms with van der Waals surface area (Å²) in [6.45, 7) is 5.67. The monoisotopic (exact) mass is 312 g/mol. The van der Waals surface area contributed by atoms with E-state index in [-0.39, 0.29) is 18.3 Å². The number of ether oxygens (including phenoxy) is 1. The molecule has 5 heteroatoms. The molecule has 1 amide bonds. The number of hydrogen-bond donors (Lipinski definition) is 2. The largest absolute Gasteiger partial charge is 0.507 e. The number of rotatable bonds is 5. The van der Waals surface area contributed by atoms with Crippen molar-refractivity contribution in [2.45, 2.75) is 20.8 Å². The van der Waals surface area contributed by atoms with Gasteiger partial charge in [0.1, 0.15) is 11.5 Å². The van der Waals surface area contributed by atoms with E-state index in [4.69, 9.17) is 4.74 Å². The van der Waals surface area contributed by atoms with E-state index in [0.29, 0.717) is 11.3 Å². The Kier molecular flexibility index (Phi) is 5.36. The summed E-state index contributed by atoms with van der Waals surface area (Å²) in [4.78, 5) is 11.7. The zero-order valence-electron chi connectivity index (χ0n) is 13.5. The second-order valence-corrected chi connectivity index (χ2v) is 5.34. The Morgan fingerprint density at radius 1 is 1.17 bits per heavy atom. The van der Waals surface area contributed by atoms with Crippen molar-refractivity contribution in [2.24, 2.45) is 5.10 Å². The molecule has 0 spiro atoms. The van der Waals surface area contributed by atoms with Crippen molar-refractivity contribution < 1.29 is 14.6 Å². The molecule has 5 nitrogen and oxygen atoms in total. The van der Waals surface area contributed by atoms with Crippen LogP contribution < -0.4 is 10.2 Å². The van der Waals surface area contributed by atoms with Crippen LogP contribution in [0.2, 0.25) is 0 Å². The molecule has 0 saturated carbocycles. The second kappa shape index (κ2) is 7.45. The number of aryl methyl sites for hydroxylation is 3. The number of carbonyl (C=O) groups is 1. The molecule has 0 saturated heterocycles. The van der Waals surface area contributed by atoms with Gasteiger partial charge in [-0.1, -0.05) is 18.2 Å². The summed E-state index contributed by atoms with van der Waals surface area (Å²) in [5.74, 6) is 0.423. The third-order valence-electron chi connectivity index (χ3n) is 3.51. The van der Waals surface area contributed by atoms with Crippen LogP contribution in [0.3, 0.4) is 0 Å². The summed E-state index contributed by atoms with van der Waals surface area (Å²) in [6.07, 6.45) is 1.40. The standard InChI is InChI=1S/C18H20N2O3/c1-12-7-8-16(9-14(12)3)23-11-17(21)20-19-10-15-6-4-5-13(2)18(15)22/h4-10,22H,11H2,1-3H3,(H,20,21)/b19-10+. The number of nitrogens with one attached hydrogen (secondary N) is 1. The van der Waals surface area contributed by atoms with Gasteiger partial charge >= 0.3 is 0 Å². The number of aromatic hydroxyl groups is 1. The molecule has 2 aromatic carbocycles. The lowest BCUT2D eigenvalue weighted by atomic mass is 10.1. The van der Waals surface area contributed by atoms with Gasteiger partial charge in [-0.2, -0.15) is 5.10 Å². The second-order valence-electron chi connectivity index (χ2n) is 5.34. The fourth-order valence-corrected chi connectivity index (χ4v) is 1.94. The minimum atomic E-state index is -0.369. The van der Waals surface area contributed by atoms with Gasteiger partial charge in [-0.15, -0.1) is 0 Å². The van der Waals surface area contributed by atoms with Gasteiger partial charge < -0.3 is 9.84 Å². The summed E-state index contributed by atoms with van der Waals surface area (Å²) in [7, 11) is 0. The zero-order chi connectivity index (χ0) is 16.8. The Balaban J connectivity index is 1.86. The number of para-hydroxylation sites is 1. The number of phenols is 1. The van der Waals surface area contributed by atoms with Crippen molar-refractivity contribution in [1.29, 1.82) is 0 Å². The average Bonchev–Trinajstić information content (AvgIpc) is 2.52. The fraction of sp³-hybridized carbons (Fsp3) is 0.222. The van der Waals surface area contributed by atoms with E-state index in [1.54, 1.807) is 25.1 Å². The topological polar surface area (TPSA) is 70.9 Å². The summed E-state index contributed by atoms with van der Waals surface area (Å²) >= 11 is 0. The molecule has 0 aliphatic carbocycles. The summed E-state index contributed by atoms with van der Waals surface area (Å²) in [6, 6.07) is 11.0. The first-order valence-electron chi connectivity index (χ1n) is 7.28. The highest BCUT2D eigenvalue weighted by atomic mass is 16.5. The van der Waals surface area contributed by atoms with Crippen molar-refractivity contribution in [3.63, 3.8) is 0 Å². The molecule has 2 aromatic rings. The number of benzene rings is 2. The molecule has 0 atom stereocenters. The third-order valence-corrected chi connectivity index (χ3v) is 3.51. The van der Waals surface area contributed by atoms with Gasteiger partial charge in [-0.05, 0) is 55.7 Å². The van der Waals surface area contributed by atoms with Crippen LogP contribution in [0.1, 0.15) is 22.3 Å². The smallest absolute Gasteiger partial charge is 0.277 e. The van der Waals surface area contributed by atoms with Crippen molar-refractivity contribution >= 4 is 12.1 Å². The average molecular weight is 312 g/mol. The van der Waals surface area contributed by atoms with Crippen molar-refractivity contribution in [2.75, 3.05) is 6.61 Å². The molecule has 0 unspecified atom stereocenters. The molecule has 0 bridgehead atoms. The van der Waals surface area contributed by atoms with Gasteiger partial charge in [0, 0.05) is 5.56 Å². The Morgan fingerprint density at radius 3 is 2.70 bits per heavy atom. The van der Waals surface area contributed by atoms with E-state index < -0.39 is 0 Å². The summed E-state index contributed by atoms with van der Waals surface area (Å²) in [5.41, 5.74) is 5.94. The first-order valence-corrected chi connectivity index (χ1v) is 7.28. The molecular formula is C18H20N2O3. The van der Waals surface area contributed by atoms with Gasteiger partial charge in [0.15, 0.2) is 6.61 Å². The maximum atomic E-state index is 11.7. The highest BCUT2D eigenvalue weighted by Crippen LogP contribution is 2.19. The maximum Gasteiger partial charge on any atom is 0.277 e. The molecule has 0 aromatic heterocycles. The van der Waals surface area contributed by atoms with Gasteiger partial charge in [0.25, 0.3) is 5.91 Å². The zero-order valence-corrected chi connectivity index (χ0v) is 13.5. The van der Waals surface area contributed by atoms with Crippen LogP contribution in [0, 0.1) is 20.8 Å². The lowest BCUT2D eigenvalue weighted by Crippen LogP contribution is -2.24. The molecule has 120 valence electrons. The van der Waals surface area contributed by atoms with E-state index in [2.05, 4.69) is 10.5 Å². The van der Waals surface area contributed by atoms with Crippen LogP contribution >= 0.6 is 0 Å². The van der Waals surface area contributed by atoms with Gasteiger partial charge in [-0.25, -0.2) is 5.43 Å². The Hall–Kier alpha value is -2.82. The Labute approximate surface area is 135 Å². The lowest BCUT2D eigenvalue weighted by Gasteiger charge is -2.07. The number of hydrogen-bond acceptors (Lipinski definition) is 4. The molecule has 2 rings (SSSR count). The molecule has 0 heterocycles. The first kappa shape index (κ1) is 16.5. The van der Waals surface area contributed by atoms with E-state index in [1.807, 2.05) is 32.0 Å². The normalized spacial score (nSPS) is 10.7. The molecule has 0 radical (unpaired) electrons. The van der Waals surface area contributed by atoms with Crippen LogP contribution in [0.15, 0.2) is 41.5 Å². The maximum absolute atomic E-state index is 11.7. The molecule has 0 aliphatic rings. The summed E-state index contributed by atoms with van der Waals surface area (Å²) < 4.78 is 5.41. The van der Waals surface area contributed by atoms with Crippen molar-refractivity contribution in [1.82, 2.24) is 5.43 Å². The Morgan fingerprint density at radius 2 is 1.96 bits per heavy atom. The van der Waals surface area contributed by atoms with Crippen molar-refractivity contribution in [3.05, 3.63) is 58.7 Å². The fourth-order valence-electron chi connectivity index (χ4n) is 1.94. The highest BCUT2D eigenvalue weighted by Gasteiger charge is 2.04.